The van der Waals surface area contributed by atoms with Crippen molar-refractivity contribution in [3.63, 3.8) is 0 Å². The third-order valence-corrected chi connectivity index (χ3v) is 12.6. The standard InChI is InChI=1S/C27H47N3O28S3/c28-2-1-3-50-24-12(36)9(33)16(18(57-24)22(39)40)56-27-21(60(30,45)46)14(38)15(7(53-27)5-51-61(47,48)49)54-25-13(37)10(34)17(19(58-25)23(41)42)55-26-20(59(29,43)44)11(35)8(32)6(4-31)52-26/h6-21,24-27,31-38H,1-5,28H2,(H,39,40)(H,41,42)(H2,29,43,44)(H2,30,45,46)(H,47,48,49)/p-1/t6-,7-,8-,9-,10-,11+,12-,13-,14+,15-,16+,17+,18+,19+,20-,21-,24-,25-,26-,27-/m1/s1. The third-order valence-electron chi connectivity index (χ3n) is 9.65. The quantitative estimate of drug-likeness (QED) is 0.0448. The van der Waals surface area contributed by atoms with E-state index in [4.69, 9.17) is 53.9 Å². The van der Waals surface area contributed by atoms with Gasteiger partial charge < -0.3 is 99.5 Å². The van der Waals surface area contributed by atoms with E-state index in [1.807, 2.05) is 0 Å². The Hall–Kier alpha value is -2.05. The van der Waals surface area contributed by atoms with Gasteiger partial charge in [-0.05, 0) is 13.0 Å². The number of carboxylic acid groups (broad SMARTS) is 2. The molecule has 0 aromatic rings. The molecule has 34 heteroatoms. The van der Waals surface area contributed by atoms with Gasteiger partial charge in [-0.15, -0.1) is 0 Å². The number of rotatable bonds is 18. The Bertz CT molecular complexity index is 1850. The van der Waals surface area contributed by atoms with Gasteiger partial charge in [0.2, 0.25) is 20.0 Å². The highest BCUT2D eigenvalue weighted by molar-refractivity contribution is 7.90. The maximum absolute atomic E-state index is 13.0. The number of carbonyl (C=O) groups is 2. The second-order valence-corrected chi connectivity index (χ2v) is 18.4. The number of hydrogen-bond acceptors (Lipinski definition) is 27. The molecule has 0 spiro atoms. The summed E-state index contributed by atoms with van der Waals surface area (Å²) in [6.07, 6.45) is -42.5. The third kappa shape index (κ3) is 12.0. The molecule has 4 heterocycles. The summed E-state index contributed by atoms with van der Waals surface area (Å²) in [5.74, 6) is -4.23. The van der Waals surface area contributed by atoms with Gasteiger partial charge in [-0.2, -0.15) is 8.42 Å². The fourth-order valence-corrected chi connectivity index (χ4v) is 8.96. The molecule has 20 atom stereocenters. The zero-order valence-corrected chi connectivity index (χ0v) is 33.3. The highest BCUT2D eigenvalue weighted by Crippen LogP contribution is 2.36. The van der Waals surface area contributed by atoms with Crippen LogP contribution < -0.4 is 21.1 Å². The lowest BCUT2D eigenvalue weighted by Gasteiger charge is -2.49. The molecule has 4 aliphatic rings. The Balaban J connectivity index is 1.66. The predicted molar refractivity (Wildman–Crippen MR) is 182 cm³/mol. The van der Waals surface area contributed by atoms with Crippen LogP contribution in [0.25, 0.3) is 0 Å². The van der Waals surface area contributed by atoms with Crippen molar-refractivity contribution in [1.29, 1.82) is 0 Å². The van der Waals surface area contributed by atoms with Crippen molar-refractivity contribution in [3.05, 3.63) is 0 Å². The second-order valence-electron chi connectivity index (χ2n) is 13.8. The van der Waals surface area contributed by atoms with Crippen LogP contribution in [-0.4, -0.2) is 235 Å². The average Bonchev–Trinajstić information content (AvgIpc) is 3.13. The van der Waals surface area contributed by atoms with Crippen molar-refractivity contribution >= 4 is 42.4 Å². The summed E-state index contributed by atoms with van der Waals surface area (Å²) < 4.78 is 130. The number of nitrogens with two attached hydrogens (primary N) is 3. The number of aliphatic carboxylic acids is 2. The zero-order valence-electron chi connectivity index (χ0n) is 30.9. The van der Waals surface area contributed by atoms with E-state index >= 15 is 0 Å². The molecular formula is C27H46N3O28S3-. The lowest BCUT2D eigenvalue weighted by molar-refractivity contribution is -0.374. The van der Waals surface area contributed by atoms with E-state index in [9.17, 15) is 90.5 Å². The van der Waals surface area contributed by atoms with E-state index in [1.165, 1.54) is 0 Å². The van der Waals surface area contributed by atoms with E-state index < -0.39 is 177 Å². The number of hydrogen-bond donors (Lipinski definition) is 13. The number of sulfonamides is 2. The van der Waals surface area contributed by atoms with Crippen LogP contribution in [0.3, 0.4) is 0 Å². The van der Waals surface area contributed by atoms with Crippen LogP contribution in [-0.2, 0) is 82.1 Å². The van der Waals surface area contributed by atoms with Gasteiger partial charge in [0, 0.05) is 0 Å². The topological polar surface area (TPSA) is 523 Å². The molecule has 0 radical (unpaired) electrons. The van der Waals surface area contributed by atoms with E-state index in [2.05, 4.69) is 4.18 Å². The molecule has 0 aromatic heterocycles. The second kappa shape index (κ2) is 20.4. The van der Waals surface area contributed by atoms with Gasteiger partial charge >= 0.3 is 16.4 Å². The number of primary sulfonamides is 2. The first-order valence-corrected chi connectivity index (χ1v) is 22.1. The summed E-state index contributed by atoms with van der Waals surface area (Å²) in [6, 6.07) is 0. The maximum atomic E-state index is 13.0. The first-order valence-electron chi connectivity index (χ1n) is 17.5. The smallest absolute Gasteiger partial charge is 0.397 e. The van der Waals surface area contributed by atoms with Crippen LogP contribution in [0, 0.1) is 0 Å². The average molecular weight is 957 g/mol. The molecule has 4 rings (SSSR count). The number of ether oxygens (including phenoxy) is 8. The van der Waals surface area contributed by atoms with E-state index in [-0.39, 0.29) is 19.6 Å². The van der Waals surface area contributed by atoms with Crippen LogP contribution in [0.5, 0.6) is 0 Å². The zero-order chi connectivity index (χ0) is 46.1. The molecule has 356 valence electrons. The number of aliphatic hydroxyl groups excluding tert-OH is 8. The monoisotopic (exact) mass is 956 g/mol. The molecule has 0 unspecified atom stereocenters. The summed E-state index contributed by atoms with van der Waals surface area (Å²) in [5.41, 5.74) is 5.37. The van der Waals surface area contributed by atoms with Gasteiger partial charge in [0.25, 0.3) is 0 Å². The minimum Gasteiger partial charge on any atom is -0.547 e. The van der Waals surface area contributed by atoms with E-state index in [0.29, 0.717) is 0 Å². The van der Waals surface area contributed by atoms with Gasteiger partial charge in [-0.3, -0.25) is 4.55 Å². The molecule has 4 aliphatic heterocycles. The SMILES string of the molecule is NCCCO[C@@H]1O[C@H](C(=O)[O-])[C@@H](O[C@H]2O[C@H](COS(=O)(=O)O)[C@@H](O[C@@H]3O[C@H](C(=O)O)[C@@H](O[C@H]4O[C@H](CO)[C@@H](O)[C@H](O)[C@H]4S(N)(=O)=O)[C@H](O)[C@H]3O)[C@H](O)[C@H]2S(N)(=O)=O)[C@H](O)[C@H]1O. The van der Waals surface area contributed by atoms with E-state index in [0.717, 1.165) is 0 Å². The largest absolute Gasteiger partial charge is 0.547 e. The van der Waals surface area contributed by atoms with Gasteiger partial charge in [0.15, 0.2) is 41.8 Å². The molecule has 0 aromatic carbocycles. The highest BCUT2D eigenvalue weighted by Gasteiger charge is 2.59. The Morgan fingerprint density at radius 1 is 0.623 bits per heavy atom. The van der Waals surface area contributed by atoms with Gasteiger partial charge in [0.05, 0.1) is 25.8 Å². The summed E-state index contributed by atoms with van der Waals surface area (Å²) in [5, 5.41) is 113. The summed E-state index contributed by atoms with van der Waals surface area (Å²) in [4.78, 5) is 24.5. The van der Waals surface area contributed by atoms with Crippen molar-refractivity contribution in [1.82, 2.24) is 0 Å². The minimum absolute atomic E-state index is 0.0797. The molecule has 0 saturated carbocycles. The van der Waals surface area contributed by atoms with Crippen molar-refractivity contribution in [2.24, 2.45) is 16.0 Å². The fraction of sp³-hybridized carbons (Fsp3) is 0.926. The summed E-state index contributed by atoms with van der Waals surface area (Å²) >= 11 is 0. The van der Waals surface area contributed by atoms with Crippen LogP contribution in [0.2, 0.25) is 0 Å². The Labute approximate surface area is 344 Å². The van der Waals surface area contributed by atoms with Crippen molar-refractivity contribution < 1.29 is 133 Å². The number of carbonyl (C=O) groups excluding carboxylic acids is 1. The molecule has 61 heavy (non-hydrogen) atoms. The maximum Gasteiger partial charge on any atom is 0.397 e. The lowest BCUT2D eigenvalue weighted by Crippen LogP contribution is -2.70. The predicted octanol–water partition coefficient (Wildman–Crippen LogP) is -12.1. The van der Waals surface area contributed by atoms with Gasteiger partial charge in [-0.1, -0.05) is 0 Å². The van der Waals surface area contributed by atoms with Crippen molar-refractivity contribution in [3.8, 4) is 0 Å². The van der Waals surface area contributed by atoms with Crippen LogP contribution in [0.15, 0.2) is 0 Å². The Kier molecular flexibility index (Phi) is 17.3. The van der Waals surface area contributed by atoms with Crippen LogP contribution in [0.4, 0.5) is 0 Å². The van der Waals surface area contributed by atoms with Crippen molar-refractivity contribution in [2.45, 2.75) is 128 Å². The summed E-state index contributed by atoms with van der Waals surface area (Å²) in [7, 11) is -15.7. The minimum atomic E-state index is -5.45. The molecule has 4 fully saturated rings. The first-order chi connectivity index (χ1) is 28.1. The molecular weight excluding hydrogens is 910 g/mol. The Morgan fingerprint density at radius 3 is 1.57 bits per heavy atom. The normalized spacial score (nSPS) is 42.8. The van der Waals surface area contributed by atoms with Gasteiger partial charge in [-0.25, -0.2) is 36.1 Å². The van der Waals surface area contributed by atoms with Crippen molar-refractivity contribution in [2.75, 3.05) is 26.4 Å². The molecule has 0 amide bonds. The first kappa shape index (κ1) is 51.6. The molecule has 0 aliphatic carbocycles. The number of aliphatic hydroxyl groups is 8. The fourth-order valence-electron chi connectivity index (χ4n) is 6.69. The highest BCUT2D eigenvalue weighted by atomic mass is 32.3. The molecule has 31 nitrogen and oxygen atoms in total. The van der Waals surface area contributed by atoms with Gasteiger partial charge in [0.1, 0.15) is 79.4 Å². The molecule has 4 saturated heterocycles. The van der Waals surface area contributed by atoms with Crippen LogP contribution in [0.1, 0.15) is 6.42 Å². The number of carboxylic acids is 2. The lowest BCUT2D eigenvalue weighted by atomic mass is 9.96. The van der Waals surface area contributed by atoms with Crippen LogP contribution >= 0.6 is 0 Å². The summed E-state index contributed by atoms with van der Waals surface area (Å²) in [6.45, 7) is -2.72. The molecule has 16 N–H and O–H groups in total. The van der Waals surface area contributed by atoms with E-state index in [1.54, 1.807) is 0 Å². The Morgan fingerprint density at radius 2 is 1.10 bits per heavy atom. The molecule has 0 bridgehead atoms.